The van der Waals surface area contributed by atoms with Crippen molar-refractivity contribution in [2.45, 2.75) is 40.2 Å². The molecular formula is C15H25N3. The first-order valence-electron chi connectivity index (χ1n) is 7.01. The summed E-state index contributed by atoms with van der Waals surface area (Å²) in [6.07, 6.45) is 4.48. The summed E-state index contributed by atoms with van der Waals surface area (Å²) >= 11 is 0. The van der Waals surface area contributed by atoms with Crippen LogP contribution in [0.2, 0.25) is 0 Å². The van der Waals surface area contributed by atoms with Crippen molar-refractivity contribution >= 4 is 5.69 Å². The van der Waals surface area contributed by atoms with E-state index in [1.54, 1.807) is 0 Å². The van der Waals surface area contributed by atoms with E-state index < -0.39 is 0 Å². The summed E-state index contributed by atoms with van der Waals surface area (Å²) in [5.74, 6) is 0. The van der Waals surface area contributed by atoms with Gasteiger partial charge in [0.05, 0.1) is 5.69 Å². The monoisotopic (exact) mass is 247 g/mol. The first-order chi connectivity index (χ1) is 8.61. The second-order valence-corrected chi connectivity index (χ2v) is 5.94. The smallest absolute Gasteiger partial charge is 0.0562 e. The standard InChI is InChI=1S/C15H25N3/c1-4-16-12-13-11-14(5-8-17-13)18-9-6-15(2,3)7-10-18/h5,8,11,16H,4,6-7,9-10,12H2,1-3H3. The zero-order valence-corrected chi connectivity index (χ0v) is 11.9. The van der Waals surface area contributed by atoms with E-state index in [0.29, 0.717) is 5.41 Å². The second kappa shape index (κ2) is 5.70. The molecule has 1 fully saturated rings. The molecule has 0 aromatic carbocycles. The highest BCUT2D eigenvalue weighted by molar-refractivity contribution is 5.47. The summed E-state index contributed by atoms with van der Waals surface area (Å²) in [5, 5.41) is 3.33. The highest BCUT2D eigenvalue weighted by Crippen LogP contribution is 2.32. The Morgan fingerprint density at radius 2 is 2.06 bits per heavy atom. The molecule has 0 aliphatic carbocycles. The molecule has 1 aliphatic heterocycles. The number of hydrogen-bond acceptors (Lipinski definition) is 3. The van der Waals surface area contributed by atoms with Crippen LogP contribution in [-0.2, 0) is 6.54 Å². The molecule has 0 saturated carbocycles. The van der Waals surface area contributed by atoms with Crippen LogP contribution in [0.25, 0.3) is 0 Å². The van der Waals surface area contributed by atoms with E-state index >= 15 is 0 Å². The molecule has 18 heavy (non-hydrogen) atoms. The number of nitrogens with one attached hydrogen (secondary N) is 1. The molecule has 0 spiro atoms. The molecule has 1 aromatic rings. The predicted octanol–water partition coefficient (Wildman–Crippen LogP) is 2.82. The predicted molar refractivity (Wildman–Crippen MR) is 76.8 cm³/mol. The number of aromatic nitrogens is 1. The van der Waals surface area contributed by atoms with Gasteiger partial charge >= 0.3 is 0 Å². The van der Waals surface area contributed by atoms with Gasteiger partial charge in [-0.25, -0.2) is 0 Å². The van der Waals surface area contributed by atoms with Crippen molar-refractivity contribution in [3.63, 3.8) is 0 Å². The molecule has 1 aromatic heterocycles. The average Bonchev–Trinajstić information content (AvgIpc) is 2.37. The fourth-order valence-corrected chi connectivity index (χ4v) is 2.38. The van der Waals surface area contributed by atoms with Gasteiger partial charge < -0.3 is 10.2 Å². The number of anilines is 1. The molecule has 3 nitrogen and oxygen atoms in total. The SMILES string of the molecule is CCNCc1cc(N2CCC(C)(C)CC2)ccn1. The minimum Gasteiger partial charge on any atom is -0.371 e. The second-order valence-electron chi connectivity index (χ2n) is 5.94. The fraction of sp³-hybridized carbons (Fsp3) is 0.667. The van der Waals surface area contributed by atoms with Crippen LogP contribution in [-0.4, -0.2) is 24.6 Å². The molecule has 2 heterocycles. The van der Waals surface area contributed by atoms with Gasteiger partial charge in [-0.2, -0.15) is 0 Å². The molecule has 100 valence electrons. The number of rotatable bonds is 4. The quantitative estimate of drug-likeness (QED) is 0.887. The molecule has 2 rings (SSSR count). The normalized spacial score (nSPS) is 18.9. The Kier molecular flexibility index (Phi) is 4.23. The highest BCUT2D eigenvalue weighted by atomic mass is 15.1. The van der Waals surface area contributed by atoms with E-state index in [9.17, 15) is 0 Å². The van der Waals surface area contributed by atoms with Gasteiger partial charge in [-0.05, 0) is 36.9 Å². The maximum absolute atomic E-state index is 4.41. The summed E-state index contributed by atoms with van der Waals surface area (Å²) < 4.78 is 0. The fourth-order valence-electron chi connectivity index (χ4n) is 2.38. The maximum atomic E-state index is 4.41. The zero-order valence-electron chi connectivity index (χ0n) is 11.9. The molecule has 3 heteroatoms. The van der Waals surface area contributed by atoms with Crippen LogP contribution in [0.1, 0.15) is 39.3 Å². The van der Waals surface area contributed by atoms with Gasteiger partial charge in [0.1, 0.15) is 0 Å². The number of piperidine rings is 1. The lowest BCUT2D eigenvalue weighted by atomic mass is 9.82. The van der Waals surface area contributed by atoms with Crippen molar-refractivity contribution in [1.29, 1.82) is 0 Å². The molecule has 0 amide bonds. The Balaban J connectivity index is 2.00. The van der Waals surface area contributed by atoms with Gasteiger partial charge in [0.2, 0.25) is 0 Å². The molecule has 1 saturated heterocycles. The number of pyridine rings is 1. The molecule has 0 radical (unpaired) electrons. The summed E-state index contributed by atoms with van der Waals surface area (Å²) in [4.78, 5) is 6.90. The van der Waals surface area contributed by atoms with E-state index in [2.05, 4.69) is 48.1 Å². The molecule has 0 bridgehead atoms. The van der Waals surface area contributed by atoms with Gasteiger partial charge in [0.25, 0.3) is 0 Å². The van der Waals surface area contributed by atoms with E-state index in [4.69, 9.17) is 0 Å². The van der Waals surface area contributed by atoms with E-state index in [-0.39, 0.29) is 0 Å². The van der Waals surface area contributed by atoms with Crippen LogP contribution in [0, 0.1) is 5.41 Å². The van der Waals surface area contributed by atoms with Crippen molar-refractivity contribution < 1.29 is 0 Å². The van der Waals surface area contributed by atoms with Gasteiger partial charge in [-0.3, -0.25) is 4.98 Å². The van der Waals surface area contributed by atoms with E-state index in [1.165, 1.54) is 18.5 Å². The van der Waals surface area contributed by atoms with Crippen LogP contribution < -0.4 is 10.2 Å². The minimum absolute atomic E-state index is 0.510. The van der Waals surface area contributed by atoms with Crippen LogP contribution in [0.5, 0.6) is 0 Å². The highest BCUT2D eigenvalue weighted by Gasteiger charge is 2.25. The summed E-state index contributed by atoms with van der Waals surface area (Å²) in [6.45, 7) is 11.0. The first kappa shape index (κ1) is 13.3. The molecular weight excluding hydrogens is 222 g/mol. The summed E-state index contributed by atoms with van der Waals surface area (Å²) in [6, 6.07) is 4.36. The van der Waals surface area contributed by atoms with Crippen molar-refractivity contribution in [1.82, 2.24) is 10.3 Å². The Morgan fingerprint density at radius 3 is 2.72 bits per heavy atom. The third-order valence-electron chi connectivity index (χ3n) is 3.84. The minimum atomic E-state index is 0.510. The van der Waals surface area contributed by atoms with Crippen molar-refractivity contribution in [2.24, 2.45) is 5.41 Å². The van der Waals surface area contributed by atoms with Crippen LogP contribution in [0.4, 0.5) is 5.69 Å². The average molecular weight is 247 g/mol. The first-order valence-corrected chi connectivity index (χ1v) is 7.01. The third kappa shape index (κ3) is 3.45. The number of nitrogens with zero attached hydrogens (tertiary/aromatic N) is 2. The molecule has 0 unspecified atom stereocenters. The van der Waals surface area contributed by atoms with Crippen LogP contribution in [0.3, 0.4) is 0 Å². The molecule has 1 N–H and O–H groups in total. The summed E-state index contributed by atoms with van der Waals surface area (Å²) in [7, 11) is 0. The largest absolute Gasteiger partial charge is 0.371 e. The van der Waals surface area contributed by atoms with Crippen LogP contribution >= 0.6 is 0 Å². The van der Waals surface area contributed by atoms with E-state index in [1.807, 2.05) is 6.20 Å². The topological polar surface area (TPSA) is 28.2 Å². The Bertz CT molecular complexity index is 377. The Morgan fingerprint density at radius 1 is 1.33 bits per heavy atom. The molecule has 0 atom stereocenters. The Hall–Kier alpha value is -1.09. The maximum Gasteiger partial charge on any atom is 0.0562 e. The molecule has 1 aliphatic rings. The zero-order chi connectivity index (χ0) is 13.0. The van der Waals surface area contributed by atoms with Gasteiger partial charge in [0.15, 0.2) is 0 Å². The Labute approximate surface area is 111 Å². The lowest BCUT2D eigenvalue weighted by molar-refractivity contribution is 0.280. The van der Waals surface area contributed by atoms with Crippen LogP contribution in [0.15, 0.2) is 18.3 Å². The van der Waals surface area contributed by atoms with Gasteiger partial charge in [0, 0.05) is 31.5 Å². The summed E-state index contributed by atoms with van der Waals surface area (Å²) in [5.41, 5.74) is 2.98. The van der Waals surface area contributed by atoms with Crippen molar-refractivity contribution in [3.8, 4) is 0 Å². The lowest BCUT2D eigenvalue weighted by Crippen LogP contribution is -2.37. The number of hydrogen-bond donors (Lipinski definition) is 1. The van der Waals surface area contributed by atoms with Gasteiger partial charge in [-0.1, -0.05) is 20.8 Å². The third-order valence-corrected chi connectivity index (χ3v) is 3.84. The van der Waals surface area contributed by atoms with Crippen molar-refractivity contribution in [2.75, 3.05) is 24.5 Å². The van der Waals surface area contributed by atoms with E-state index in [0.717, 1.165) is 31.9 Å². The van der Waals surface area contributed by atoms with Crippen molar-refractivity contribution in [3.05, 3.63) is 24.0 Å². The lowest BCUT2D eigenvalue weighted by Gasteiger charge is -2.38. The van der Waals surface area contributed by atoms with Gasteiger partial charge in [-0.15, -0.1) is 0 Å².